The summed E-state index contributed by atoms with van der Waals surface area (Å²) in [5, 5.41) is 8.95. The number of nitrogens with zero attached hydrogens (tertiary/aromatic N) is 2. The maximum absolute atomic E-state index is 10.9. The number of imidazole rings is 1. The van der Waals surface area contributed by atoms with E-state index in [2.05, 4.69) is 9.55 Å². The van der Waals surface area contributed by atoms with Gasteiger partial charge in [-0.25, -0.2) is 9.78 Å². The van der Waals surface area contributed by atoms with Crippen molar-refractivity contribution in [3.05, 3.63) is 29.6 Å². The Kier molecular flexibility index (Phi) is 2.18. The Morgan fingerprint density at radius 3 is 2.82 bits per heavy atom. The molecule has 0 bridgehead atoms. The molecule has 1 saturated carbocycles. The number of aromatic carboxylic acids is 1. The molecule has 88 valence electrons. The van der Waals surface area contributed by atoms with E-state index in [1.165, 1.54) is 19.3 Å². The fraction of sp³-hybridized carbons (Fsp3) is 0.385. The Balaban J connectivity index is 2.14. The number of carbonyl (C=O) groups is 1. The second-order valence-corrected chi connectivity index (χ2v) is 4.67. The summed E-state index contributed by atoms with van der Waals surface area (Å²) in [7, 11) is 2.00. The largest absolute Gasteiger partial charge is 0.478 e. The second kappa shape index (κ2) is 3.58. The molecule has 4 nitrogen and oxygen atoms in total. The topological polar surface area (TPSA) is 55.1 Å². The van der Waals surface area contributed by atoms with Crippen LogP contribution in [0.15, 0.2) is 18.2 Å². The van der Waals surface area contributed by atoms with Crippen molar-refractivity contribution in [2.75, 3.05) is 0 Å². The van der Waals surface area contributed by atoms with Gasteiger partial charge in [-0.3, -0.25) is 0 Å². The Labute approximate surface area is 98.9 Å². The number of carboxylic acid groups (broad SMARTS) is 1. The van der Waals surface area contributed by atoms with E-state index in [4.69, 9.17) is 5.11 Å². The number of hydrogen-bond acceptors (Lipinski definition) is 2. The molecule has 1 N–H and O–H groups in total. The minimum Gasteiger partial charge on any atom is -0.478 e. The predicted octanol–water partition coefficient (Wildman–Crippen LogP) is 2.54. The van der Waals surface area contributed by atoms with Crippen molar-refractivity contribution in [1.82, 2.24) is 9.55 Å². The molecule has 2 aromatic rings. The summed E-state index contributed by atoms with van der Waals surface area (Å²) >= 11 is 0. The summed E-state index contributed by atoms with van der Waals surface area (Å²) < 4.78 is 2.09. The van der Waals surface area contributed by atoms with Gasteiger partial charge in [0, 0.05) is 13.0 Å². The molecule has 3 rings (SSSR count). The van der Waals surface area contributed by atoms with Gasteiger partial charge in [-0.2, -0.15) is 0 Å². The highest BCUT2D eigenvalue weighted by Gasteiger charge is 2.24. The van der Waals surface area contributed by atoms with Gasteiger partial charge < -0.3 is 9.67 Å². The second-order valence-electron chi connectivity index (χ2n) is 4.67. The summed E-state index contributed by atoms with van der Waals surface area (Å²) in [5.74, 6) is 0.747. The van der Waals surface area contributed by atoms with Crippen LogP contribution in [-0.2, 0) is 7.05 Å². The van der Waals surface area contributed by atoms with Crippen molar-refractivity contribution < 1.29 is 9.90 Å². The molecule has 17 heavy (non-hydrogen) atoms. The SMILES string of the molecule is Cn1c(C2CCC2)nc2cc(C(=O)O)ccc21. The minimum atomic E-state index is -0.900. The van der Waals surface area contributed by atoms with Crippen LogP contribution in [0.4, 0.5) is 0 Å². The van der Waals surface area contributed by atoms with Crippen molar-refractivity contribution in [2.45, 2.75) is 25.2 Å². The number of aryl methyl sites for hydroxylation is 1. The van der Waals surface area contributed by atoms with Crippen LogP contribution in [0.2, 0.25) is 0 Å². The van der Waals surface area contributed by atoms with Crippen molar-refractivity contribution >= 4 is 17.0 Å². The molecule has 1 aliphatic rings. The number of hydrogen-bond donors (Lipinski definition) is 1. The molecule has 0 saturated heterocycles. The smallest absolute Gasteiger partial charge is 0.335 e. The lowest BCUT2D eigenvalue weighted by Gasteiger charge is -2.24. The van der Waals surface area contributed by atoms with Crippen LogP contribution in [0.25, 0.3) is 11.0 Å². The summed E-state index contributed by atoms with van der Waals surface area (Å²) in [5.41, 5.74) is 2.10. The zero-order valence-corrected chi connectivity index (χ0v) is 9.68. The molecule has 0 amide bonds. The zero-order valence-electron chi connectivity index (χ0n) is 9.68. The Hall–Kier alpha value is -1.84. The van der Waals surface area contributed by atoms with Gasteiger partial charge in [-0.05, 0) is 31.0 Å². The van der Waals surface area contributed by atoms with Crippen molar-refractivity contribution in [3.63, 3.8) is 0 Å². The standard InChI is InChI=1S/C13H14N2O2/c1-15-11-6-5-9(13(16)17)7-10(11)14-12(15)8-3-2-4-8/h5-8H,2-4H2,1H3,(H,16,17). The molecule has 1 aliphatic carbocycles. The normalized spacial score (nSPS) is 16.1. The first-order chi connectivity index (χ1) is 8.16. The van der Waals surface area contributed by atoms with Crippen LogP contribution in [-0.4, -0.2) is 20.6 Å². The number of rotatable bonds is 2. The lowest BCUT2D eigenvalue weighted by atomic mass is 9.85. The number of carboxylic acids is 1. The van der Waals surface area contributed by atoms with Crippen molar-refractivity contribution in [3.8, 4) is 0 Å². The van der Waals surface area contributed by atoms with Crippen LogP contribution in [0.5, 0.6) is 0 Å². The lowest BCUT2D eigenvalue weighted by Crippen LogP contribution is -2.13. The molecule has 0 spiro atoms. The Bertz CT molecular complexity index is 597. The van der Waals surface area contributed by atoms with Gasteiger partial charge in [-0.1, -0.05) is 6.42 Å². The molecule has 0 atom stereocenters. The van der Waals surface area contributed by atoms with E-state index in [0.29, 0.717) is 11.5 Å². The molecular formula is C13H14N2O2. The Morgan fingerprint density at radius 1 is 1.47 bits per heavy atom. The highest BCUT2D eigenvalue weighted by molar-refractivity contribution is 5.92. The third-order valence-corrected chi connectivity index (χ3v) is 3.63. The van der Waals surface area contributed by atoms with Crippen molar-refractivity contribution in [1.29, 1.82) is 0 Å². The van der Waals surface area contributed by atoms with E-state index in [1.54, 1.807) is 12.1 Å². The van der Waals surface area contributed by atoms with E-state index in [-0.39, 0.29) is 0 Å². The zero-order chi connectivity index (χ0) is 12.0. The van der Waals surface area contributed by atoms with Crippen LogP contribution in [0, 0.1) is 0 Å². The third-order valence-electron chi connectivity index (χ3n) is 3.63. The van der Waals surface area contributed by atoms with E-state index in [9.17, 15) is 4.79 Å². The number of fused-ring (bicyclic) bond motifs is 1. The first kappa shape index (κ1) is 10.3. The summed E-state index contributed by atoms with van der Waals surface area (Å²) in [6.45, 7) is 0. The molecule has 0 aliphatic heterocycles. The van der Waals surface area contributed by atoms with Crippen LogP contribution < -0.4 is 0 Å². The molecule has 0 radical (unpaired) electrons. The van der Waals surface area contributed by atoms with E-state index in [0.717, 1.165) is 16.9 Å². The maximum atomic E-state index is 10.9. The Morgan fingerprint density at radius 2 is 2.24 bits per heavy atom. The van der Waals surface area contributed by atoms with Crippen LogP contribution >= 0.6 is 0 Å². The minimum absolute atomic E-state index is 0.302. The summed E-state index contributed by atoms with van der Waals surface area (Å²) in [4.78, 5) is 15.5. The van der Waals surface area contributed by atoms with E-state index in [1.807, 2.05) is 13.1 Å². The van der Waals surface area contributed by atoms with Gasteiger partial charge in [0.25, 0.3) is 0 Å². The number of aromatic nitrogens is 2. The molecule has 1 aromatic carbocycles. The maximum Gasteiger partial charge on any atom is 0.335 e. The molecule has 0 unspecified atom stereocenters. The molecule has 1 fully saturated rings. The van der Waals surface area contributed by atoms with Gasteiger partial charge in [0.05, 0.1) is 16.6 Å². The number of benzene rings is 1. The van der Waals surface area contributed by atoms with Gasteiger partial charge in [0.1, 0.15) is 5.82 Å². The monoisotopic (exact) mass is 230 g/mol. The van der Waals surface area contributed by atoms with Gasteiger partial charge >= 0.3 is 5.97 Å². The fourth-order valence-electron chi connectivity index (χ4n) is 2.38. The predicted molar refractivity (Wildman–Crippen MR) is 64.3 cm³/mol. The fourth-order valence-corrected chi connectivity index (χ4v) is 2.38. The quantitative estimate of drug-likeness (QED) is 0.862. The third kappa shape index (κ3) is 1.52. The molecule has 1 heterocycles. The lowest BCUT2D eigenvalue weighted by molar-refractivity contribution is 0.0697. The first-order valence-corrected chi connectivity index (χ1v) is 5.86. The first-order valence-electron chi connectivity index (χ1n) is 5.86. The highest BCUT2D eigenvalue weighted by Crippen LogP contribution is 2.36. The van der Waals surface area contributed by atoms with Crippen molar-refractivity contribution in [2.24, 2.45) is 7.05 Å². The summed E-state index contributed by atoms with van der Waals surface area (Å²) in [6.07, 6.45) is 3.67. The van der Waals surface area contributed by atoms with Gasteiger partial charge in [0.15, 0.2) is 0 Å². The molecule has 4 heteroatoms. The average molecular weight is 230 g/mol. The van der Waals surface area contributed by atoms with E-state index >= 15 is 0 Å². The van der Waals surface area contributed by atoms with Gasteiger partial charge in [-0.15, -0.1) is 0 Å². The molecule has 1 aromatic heterocycles. The average Bonchev–Trinajstić information content (AvgIpc) is 2.54. The highest BCUT2D eigenvalue weighted by atomic mass is 16.4. The van der Waals surface area contributed by atoms with Crippen LogP contribution in [0.3, 0.4) is 0 Å². The summed E-state index contributed by atoms with van der Waals surface area (Å²) in [6, 6.07) is 5.13. The molecular weight excluding hydrogens is 216 g/mol. The van der Waals surface area contributed by atoms with E-state index < -0.39 is 5.97 Å². The van der Waals surface area contributed by atoms with Gasteiger partial charge in [0.2, 0.25) is 0 Å². The van der Waals surface area contributed by atoms with Crippen LogP contribution in [0.1, 0.15) is 41.4 Å².